The smallest absolute Gasteiger partial charge is 0.310 e. The van der Waals surface area contributed by atoms with Gasteiger partial charge in [0.15, 0.2) is 0 Å². The molecule has 4 nitrogen and oxygen atoms in total. The third-order valence-corrected chi connectivity index (χ3v) is 6.20. The van der Waals surface area contributed by atoms with Gasteiger partial charge in [-0.1, -0.05) is 55.8 Å². The third kappa shape index (κ3) is 5.03. The minimum Gasteiger partial charge on any atom is -0.462 e. The number of carbonyl (C=O) groups is 2. The van der Waals surface area contributed by atoms with Crippen LogP contribution in [0.4, 0.5) is 0 Å². The van der Waals surface area contributed by atoms with E-state index < -0.39 is 0 Å². The lowest BCUT2D eigenvalue weighted by molar-refractivity contribution is -0.162. The first-order valence-electron chi connectivity index (χ1n) is 10.8. The number of hydrogen-bond acceptors (Lipinski definition) is 3. The van der Waals surface area contributed by atoms with Crippen molar-refractivity contribution in [1.82, 2.24) is 4.90 Å². The molecule has 0 aromatic heterocycles. The lowest BCUT2D eigenvalue weighted by atomic mass is 9.73. The van der Waals surface area contributed by atoms with E-state index in [2.05, 4.69) is 19.1 Å². The van der Waals surface area contributed by atoms with Crippen LogP contribution in [-0.2, 0) is 20.9 Å². The molecule has 0 spiro atoms. The number of hydrogen-bond donors (Lipinski definition) is 0. The van der Waals surface area contributed by atoms with Crippen molar-refractivity contribution in [3.05, 3.63) is 48.0 Å². The summed E-state index contributed by atoms with van der Waals surface area (Å²) in [5.41, 5.74) is 1.10. The summed E-state index contributed by atoms with van der Waals surface area (Å²) in [5.74, 6) is -0.752. The largest absolute Gasteiger partial charge is 0.462 e. The van der Waals surface area contributed by atoms with Gasteiger partial charge in [0.1, 0.15) is 6.10 Å². The van der Waals surface area contributed by atoms with Gasteiger partial charge >= 0.3 is 5.97 Å². The average molecular weight is 384 g/mol. The number of allylic oxidation sites excluding steroid dienone is 2. The molecule has 1 aromatic carbocycles. The molecular formula is C24H33NO3. The van der Waals surface area contributed by atoms with Gasteiger partial charge in [-0.25, -0.2) is 0 Å². The molecule has 1 fully saturated rings. The number of rotatable bonds is 6. The number of amides is 1. The molecule has 1 aromatic rings. The first kappa shape index (κ1) is 20.6. The molecule has 3 rings (SSSR count). The second-order valence-electron chi connectivity index (χ2n) is 8.25. The fourth-order valence-electron chi connectivity index (χ4n) is 4.58. The number of esters is 1. The highest BCUT2D eigenvalue weighted by atomic mass is 16.5. The minimum atomic E-state index is -0.373. The maximum atomic E-state index is 13.4. The second-order valence-corrected chi connectivity index (χ2v) is 8.25. The van der Waals surface area contributed by atoms with Crippen molar-refractivity contribution >= 4 is 11.9 Å². The Labute approximate surface area is 168 Å². The van der Waals surface area contributed by atoms with Crippen LogP contribution in [0.3, 0.4) is 0 Å². The summed E-state index contributed by atoms with van der Waals surface area (Å²) in [5, 5.41) is 0. The van der Waals surface area contributed by atoms with E-state index in [9.17, 15) is 9.59 Å². The van der Waals surface area contributed by atoms with Gasteiger partial charge in [0.05, 0.1) is 11.8 Å². The van der Waals surface area contributed by atoms with Crippen LogP contribution < -0.4 is 0 Å². The van der Waals surface area contributed by atoms with Crippen molar-refractivity contribution < 1.29 is 14.3 Å². The summed E-state index contributed by atoms with van der Waals surface area (Å²) in [6.07, 6.45) is 11.0. The van der Waals surface area contributed by atoms with E-state index in [4.69, 9.17) is 4.74 Å². The molecule has 28 heavy (non-hydrogen) atoms. The van der Waals surface area contributed by atoms with Gasteiger partial charge in [0.25, 0.3) is 0 Å². The molecule has 0 heterocycles. The zero-order chi connectivity index (χ0) is 19.9. The summed E-state index contributed by atoms with van der Waals surface area (Å²) < 4.78 is 5.86. The second kappa shape index (κ2) is 9.90. The molecule has 0 bridgehead atoms. The third-order valence-electron chi connectivity index (χ3n) is 6.20. The van der Waals surface area contributed by atoms with Crippen LogP contribution in [-0.4, -0.2) is 29.9 Å². The quantitative estimate of drug-likeness (QED) is 0.526. The molecule has 4 heteroatoms. The molecule has 0 radical (unpaired) electrons. The molecule has 0 saturated heterocycles. The average Bonchev–Trinajstić information content (AvgIpc) is 2.74. The standard InChI is InChI=1S/C24H33NO3/c1-3-19-13-10-16-21(24(27)28-20-14-8-5-9-15-20)22(19)23(26)25(2)17-18-11-6-4-7-12-18/h4,6-7,10-13,19-22H,3,5,8-9,14-17H2,1-2H3/t19?,21-,22?/m0/s1. The molecule has 2 aliphatic carbocycles. The normalized spacial score (nSPS) is 25.3. The Kier molecular flexibility index (Phi) is 7.30. The highest BCUT2D eigenvalue weighted by Crippen LogP contribution is 2.36. The van der Waals surface area contributed by atoms with Crippen LogP contribution in [0, 0.1) is 17.8 Å². The fourth-order valence-corrected chi connectivity index (χ4v) is 4.58. The maximum Gasteiger partial charge on any atom is 0.310 e. The zero-order valence-corrected chi connectivity index (χ0v) is 17.2. The Morgan fingerprint density at radius 2 is 1.82 bits per heavy atom. The van der Waals surface area contributed by atoms with Gasteiger partial charge in [-0.05, 0) is 50.0 Å². The highest BCUT2D eigenvalue weighted by molar-refractivity contribution is 5.86. The molecular weight excluding hydrogens is 350 g/mol. The summed E-state index contributed by atoms with van der Waals surface area (Å²) in [7, 11) is 1.84. The van der Waals surface area contributed by atoms with Crippen molar-refractivity contribution in [2.45, 2.75) is 64.5 Å². The molecule has 1 amide bonds. The summed E-state index contributed by atoms with van der Waals surface area (Å²) in [6, 6.07) is 9.99. The van der Waals surface area contributed by atoms with E-state index in [1.807, 2.05) is 37.4 Å². The molecule has 1 saturated carbocycles. The molecule has 152 valence electrons. The Balaban J connectivity index is 1.72. The van der Waals surface area contributed by atoms with E-state index >= 15 is 0 Å². The lowest BCUT2D eigenvalue weighted by Crippen LogP contribution is -2.44. The topological polar surface area (TPSA) is 46.6 Å². The predicted octanol–water partition coefficient (Wildman–Crippen LogP) is 4.74. The monoisotopic (exact) mass is 383 g/mol. The Hall–Kier alpha value is -2.10. The zero-order valence-electron chi connectivity index (χ0n) is 17.2. The van der Waals surface area contributed by atoms with Crippen LogP contribution in [0.1, 0.15) is 57.4 Å². The fraction of sp³-hybridized carbons (Fsp3) is 0.583. The van der Waals surface area contributed by atoms with E-state index in [1.54, 1.807) is 4.90 Å². The van der Waals surface area contributed by atoms with Crippen LogP contribution in [0.5, 0.6) is 0 Å². The minimum absolute atomic E-state index is 0.0324. The number of carbonyl (C=O) groups excluding carboxylic acids is 2. The van der Waals surface area contributed by atoms with E-state index in [0.717, 1.165) is 37.7 Å². The Morgan fingerprint density at radius 3 is 2.50 bits per heavy atom. The molecule has 2 unspecified atom stereocenters. The van der Waals surface area contributed by atoms with Gasteiger partial charge in [0.2, 0.25) is 5.91 Å². The van der Waals surface area contributed by atoms with Gasteiger partial charge in [-0.2, -0.15) is 0 Å². The lowest BCUT2D eigenvalue weighted by Gasteiger charge is -2.36. The van der Waals surface area contributed by atoms with Crippen molar-refractivity contribution in [3.8, 4) is 0 Å². The number of benzene rings is 1. The van der Waals surface area contributed by atoms with Gasteiger partial charge in [0, 0.05) is 13.6 Å². The molecule has 2 aliphatic rings. The van der Waals surface area contributed by atoms with Crippen molar-refractivity contribution in [3.63, 3.8) is 0 Å². The summed E-state index contributed by atoms with van der Waals surface area (Å²) in [4.78, 5) is 28.1. The summed E-state index contributed by atoms with van der Waals surface area (Å²) >= 11 is 0. The number of ether oxygens (including phenoxy) is 1. The first-order valence-corrected chi connectivity index (χ1v) is 10.8. The van der Waals surface area contributed by atoms with E-state index in [0.29, 0.717) is 13.0 Å². The van der Waals surface area contributed by atoms with Gasteiger partial charge in [-0.3, -0.25) is 9.59 Å². The van der Waals surface area contributed by atoms with Crippen molar-refractivity contribution in [1.29, 1.82) is 0 Å². The van der Waals surface area contributed by atoms with Crippen molar-refractivity contribution in [2.24, 2.45) is 17.8 Å². The highest BCUT2D eigenvalue weighted by Gasteiger charge is 2.42. The van der Waals surface area contributed by atoms with Crippen LogP contribution in [0.2, 0.25) is 0 Å². The summed E-state index contributed by atoms with van der Waals surface area (Å²) in [6.45, 7) is 2.64. The Morgan fingerprint density at radius 1 is 1.11 bits per heavy atom. The van der Waals surface area contributed by atoms with Crippen LogP contribution >= 0.6 is 0 Å². The van der Waals surface area contributed by atoms with Crippen LogP contribution in [0.25, 0.3) is 0 Å². The SMILES string of the molecule is CCC1C=CC[C@H](C(=O)OC2CCCCC2)C1C(=O)N(C)Cc1ccccc1. The van der Waals surface area contributed by atoms with Gasteiger partial charge in [-0.15, -0.1) is 0 Å². The molecule has 0 N–H and O–H groups in total. The van der Waals surface area contributed by atoms with E-state index in [-0.39, 0.29) is 35.7 Å². The van der Waals surface area contributed by atoms with E-state index in [1.165, 1.54) is 6.42 Å². The van der Waals surface area contributed by atoms with Crippen molar-refractivity contribution in [2.75, 3.05) is 7.05 Å². The van der Waals surface area contributed by atoms with Crippen LogP contribution in [0.15, 0.2) is 42.5 Å². The molecule has 3 atom stereocenters. The predicted molar refractivity (Wildman–Crippen MR) is 110 cm³/mol. The van der Waals surface area contributed by atoms with Gasteiger partial charge < -0.3 is 9.64 Å². The molecule has 0 aliphatic heterocycles. The maximum absolute atomic E-state index is 13.4. The first-order chi connectivity index (χ1) is 13.6. The Bertz CT molecular complexity index is 678. The number of nitrogens with zero attached hydrogens (tertiary/aromatic N) is 1.